The topological polar surface area (TPSA) is 66.4 Å². The zero-order valence-corrected chi connectivity index (χ0v) is 14.0. The van der Waals surface area contributed by atoms with Gasteiger partial charge in [0.1, 0.15) is 4.90 Å². The van der Waals surface area contributed by atoms with Gasteiger partial charge in [0.15, 0.2) is 0 Å². The molecule has 0 aliphatic heterocycles. The van der Waals surface area contributed by atoms with Gasteiger partial charge in [-0.15, -0.1) is 0 Å². The molecule has 0 aromatic heterocycles. The van der Waals surface area contributed by atoms with Gasteiger partial charge in [-0.1, -0.05) is 23.2 Å². The summed E-state index contributed by atoms with van der Waals surface area (Å²) in [6.45, 7) is 5.24. The number of rotatable bonds is 6. The molecule has 0 aliphatic rings. The molecule has 0 bridgehead atoms. The first kappa shape index (κ1) is 17.7. The number of hydrogen-bond donors (Lipinski definition) is 2. The third-order valence-corrected chi connectivity index (χ3v) is 5.57. The number of aliphatic hydroxyl groups is 1. The van der Waals surface area contributed by atoms with Crippen LogP contribution in [0.25, 0.3) is 0 Å². The molecule has 0 saturated heterocycles. The second-order valence-corrected chi connectivity index (χ2v) is 7.32. The van der Waals surface area contributed by atoms with Gasteiger partial charge in [0, 0.05) is 11.6 Å². The summed E-state index contributed by atoms with van der Waals surface area (Å²) in [4.78, 5) is 0.0289. The Kier molecular flexibility index (Phi) is 6.28. The molecule has 0 radical (unpaired) electrons. The highest BCUT2D eigenvalue weighted by molar-refractivity contribution is 7.89. The number of aliphatic hydroxyl groups excluding tert-OH is 1. The van der Waals surface area contributed by atoms with E-state index in [1.165, 1.54) is 0 Å². The molecule has 0 fully saturated rings. The molecular weight excluding hydrogens is 321 g/mol. The first-order valence-corrected chi connectivity index (χ1v) is 8.53. The highest BCUT2D eigenvalue weighted by Crippen LogP contribution is 2.33. The summed E-state index contributed by atoms with van der Waals surface area (Å²) in [7, 11) is -3.71. The van der Waals surface area contributed by atoms with Crippen molar-refractivity contribution in [3.05, 3.63) is 27.2 Å². The lowest BCUT2D eigenvalue weighted by molar-refractivity contribution is 0.182. The lowest BCUT2D eigenvalue weighted by Gasteiger charge is -2.14. The predicted octanol–water partition coefficient (Wildman–Crippen LogP) is 3.05. The second-order valence-electron chi connectivity index (χ2n) is 4.83. The van der Waals surface area contributed by atoms with Gasteiger partial charge in [-0.2, -0.15) is 0 Å². The van der Waals surface area contributed by atoms with Crippen molar-refractivity contribution in [1.82, 2.24) is 4.72 Å². The van der Waals surface area contributed by atoms with Crippen molar-refractivity contribution in [2.24, 2.45) is 0 Å². The van der Waals surface area contributed by atoms with E-state index >= 15 is 0 Å². The molecule has 1 aromatic rings. The van der Waals surface area contributed by atoms with E-state index in [4.69, 9.17) is 28.3 Å². The van der Waals surface area contributed by atoms with E-state index in [1.807, 2.05) is 0 Å². The molecule has 4 nitrogen and oxygen atoms in total. The summed E-state index contributed by atoms with van der Waals surface area (Å²) < 4.78 is 27.1. The van der Waals surface area contributed by atoms with E-state index in [-0.39, 0.29) is 16.5 Å². The number of sulfonamides is 1. The third kappa shape index (κ3) is 4.33. The molecule has 1 rings (SSSR count). The maximum absolute atomic E-state index is 12.3. The van der Waals surface area contributed by atoms with Gasteiger partial charge in [0.2, 0.25) is 10.0 Å². The quantitative estimate of drug-likeness (QED) is 0.782. The minimum absolute atomic E-state index is 0.0289. The molecule has 20 heavy (non-hydrogen) atoms. The Balaban J connectivity index is 2.99. The largest absolute Gasteiger partial charge is 0.393 e. The molecule has 114 valence electrons. The Bertz CT molecular complexity index is 560. The van der Waals surface area contributed by atoms with Gasteiger partial charge >= 0.3 is 0 Å². The van der Waals surface area contributed by atoms with E-state index in [0.717, 1.165) is 0 Å². The Morgan fingerprint density at radius 1 is 1.35 bits per heavy atom. The average molecular weight is 340 g/mol. The number of hydrogen-bond acceptors (Lipinski definition) is 3. The lowest BCUT2D eigenvalue weighted by Crippen LogP contribution is -2.26. The molecule has 0 aliphatic carbocycles. The van der Waals surface area contributed by atoms with Crippen molar-refractivity contribution in [2.45, 2.75) is 44.6 Å². The van der Waals surface area contributed by atoms with Crippen molar-refractivity contribution in [3.8, 4) is 0 Å². The number of benzene rings is 1. The number of nitrogens with one attached hydrogen (secondary N) is 1. The molecular formula is C13H19Cl2NO3S. The van der Waals surface area contributed by atoms with Crippen molar-refractivity contribution < 1.29 is 13.5 Å². The second kappa shape index (κ2) is 7.09. The van der Waals surface area contributed by atoms with Gasteiger partial charge in [0.25, 0.3) is 0 Å². The van der Waals surface area contributed by atoms with E-state index in [1.54, 1.807) is 26.8 Å². The molecule has 7 heteroatoms. The van der Waals surface area contributed by atoms with Gasteiger partial charge < -0.3 is 5.11 Å². The zero-order chi connectivity index (χ0) is 15.5. The minimum Gasteiger partial charge on any atom is -0.393 e. The molecule has 0 amide bonds. The van der Waals surface area contributed by atoms with Crippen LogP contribution in [-0.2, 0) is 10.0 Å². The molecule has 0 spiro atoms. The summed E-state index contributed by atoms with van der Waals surface area (Å²) in [6.07, 6.45) is 0.634. The lowest BCUT2D eigenvalue weighted by atomic mass is 10.2. The van der Waals surface area contributed by atoms with Crippen LogP contribution in [-0.4, -0.2) is 26.2 Å². The first-order valence-electron chi connectivity index (χ1n) is 6.29. The molecule has 0 heterocycles. The summed E-state index contributed by atoms with van der Waals surface area (Å²) in [5, 5.41) is 9.71. The van der Waals surface area contributed by atoms with Crippen LogP contribution in [0.4, 0.5) is 0 Å². The average Bonchev–Trinajstić information content (AvgIpc) is 2.32. The van der Waals surface area contributed by atoms with Gasteiger partial charge in [-0.3, -0.25) is 0 Å². The highest BCUT2D eigenvalue weighted by Gasteiger charge is 2.23. The maximum atomic E-state index is 12.3. The van der Waals surface area contributed by atoms with Crippen LogP contribution in [0.5, 0.6) is 0 Å². The standard InChI is InChI=1S/C13H19Cl2NO3S/c1-8-7-11(14)10(3)13(12(8)15)20(18,19)16-6-4-5-9(2)17/h7,9,16-17H,4-6H2,1-3H3. The summed E-state index contributed by atoms with van der Waals surface area (Å²) in [5.74, 6) is 0. The van der Waals surface area contributed by atoms with E-state index in [0.29, 0.717) is 29.0 Å². The predicted molar refractivity (Wildman–Crippen MR) is 82.0 cm³/mol. The smallest absolute Gasteiger partial charge is 0.242 e. The molecule has 2 N–H and O–H groups in total. The third-order valence-electron chi connectivity index (χ3n) is 2.95. The van der Waals surface area contributed by atoms with Gasteiger partial charge in [-0.05, 0) is 50.8 Å². The molecule has 1 aromatic carbocycles. The van der Waals surface area contributed by atoms with E-state index in [2.05, 4.69) is 4.72 Å². The van der Waals surface area contributed by atoms with Crippen molar-refractivity contribution >= 4 is 33.2 Å². The zero-order valence-electron chi connectivity index (χ0n) is 11.7. The normalized spacial score (nSPS) is 13.5. The Morgan fingerprint density at radius 2 is 1.95 bits per heavy atom. The van der Waals surface area contributed by atoms with Crippen LogP contribution in [0.1, 0.15) is 30.9 Å². The van der Waals surface area contributed by atoms with Crippen LogP contribution in [0.2, 0.25) is 10.0 Å². The van der Waals surface area contributed by atoms with Gasteiger partial charge in [0.05, 0.1) is 11.1 Å². The van der Waals surface area contributed by atoms with Crippen molar-refractivity contribution in [2.75, 3.05) is 6.54 Å². The van der Waals surface area contributed by atoms with Crippen LogP contribution in [0, 0.1) is 13.8 Å². The summed E-state index contributed by atoms with van der Waals surface area (Å²) in [6, 6.07) is 1.64. The van der Waals surface area contributed by atoms with Gasteiger partial charge in [-0.25, -0.2) is 13.1 Å². The fourth-order valence-electron chi connectivity index (χ4n) is 1.81. The highest BCUT2D eigenvalue weighted by atomic mass is 35.5. The summed E-state index contributed by atoms with van der Waals surface area (Å²) >= 11 is 12.1. The maximum Gasteiger partial charge on any atom is 0.242 e. The van der Waals surface area contributed by atoms with Crippen molar-refractivity contribution in [1.29, 1.82) is 0 Å². The number of aryl methyl sites for hydroxylation is 1. The molecule has 0 saturated carbocycles. The Hall–Kier alpha value is -0.330. The molecule has 1 atom stereocenters. The Morgan fingerprint density at radius 3 is 2.50 bits per heavy atom. The molecule has 1 unspecified atom stereocenters. The van der Waals surface area contributed by atoms with Crippen LogP contribution >= 0.6 is 23.2 Å². The van der Waals surface area contributed by atoms with Crippen LogP contribution in [0.15, 0.2) is 11.0 Å². The Labute approximate surface area is 130 Å². The van der Waals surface area contributed by atoms with Crippen LogP contribution < -0.4 is 4.72 Å². The van der Waals surface area contributed by atoms with E-state index in [9.17, 15) is 8.42 Å². The van der Waals surface area contributed by atoms with E-state index < -0.39 is 16.1 Å². The monoisotopic (exact) mass is 339 g/mol. The first-order chi connectivity index (χ1) is 9.16. The number of halogens is 2. The fourth-order valence-corrected chi connectivity index (χ4v) is 4.09. The van der Waals surface area contributed by atoms with Crippen molar-refractivity contribution in [3.63, 3.8) is 0 Å². The minimum atomic E-state index is -3.71. The fraction of sp³-hybridized carbons (Fsp3) is 0.538. The SMILES string of the molecule is Cc1cc(Cl)c(C)c(S(=O)(=O)NCCCC(C)O)c1Cl. The summed E-state index contributed by atoms with van der Waals surface area (Å²) in [5.41, 5.74) is 1.05. The van der Waals surface area contributed by atoms with Crippen LogP contribution in [0.3, 0.4) is 0 Å².